The van der Waals surface area contributed by atoms with Crippen LogP contribution >= 0.6 is 0 Å². The minimum atomic E-state index is -0.278. The van der Waals surface area contributed by atoms with Gasteiger partial charge in [0.25, 0.3) is 0 Å². The lowest BCUT2D eigenvalue weighted by atomic mass is 9.83. The Hall–Kier alpha value is -2.54. The Balaban J connectivity index is 1.18. The first kappa shape index (κ1) is 18.5. The Morgan fingerprint density at radius 2 is 2.03 bits per heavy atom. The van der Waals surface area contributed by atoms with Crippen molar-refractivity contribution in [3.8, 4) is 5.75 Å². The van der Waals surface area contributed by atoms with E-state index in [9.17, 15) is 4.79 Å². The third-order valence-electron chi connectivity index (χ3n) is 6.71. The van der Waals surface area contributed by atoms with Gasteiger partial charge in [-0.25, -0.2) is 4.79 Å². The molecule has 3 aliphatic rings. The number of rotatable bonds is 3. The number of ether oxygens (including phenoxy) is 2. The Morgan fingerprint density at radius 1 is 1.28 bits per heavy atom. The Morgan fingerprint density at radius 3 is 2.76 bits per heavy atom. The number of hydrogen-bond donors (Lipinski definition) is 1. The fraction of sp³-hybridized carbons (Fsp3) is 0.545. The second-order valence-electron chi connectivity index (χ2n) is 8.53. The van der Waals surface area contributed by atoms with Crippen molar-refractivity contribution < 1.29 is 14.3 Å². The number of urea groups is 1. The van der Waals surface area contributed by atoms with Gasteiger partial charge in [-0.15, -0.1) is 0 Å². The SMILES string of the molecule is CO[C@@H]1CC2(CCN(C(=O)N[C@@H]3C[C@H]3c3ccccc3)CC2)Oc2cnn(C)c21. The normalized spacial score (nSPS) is 27.2. The summed E-state index contributed by atoms with van der Waals surface area (Å²) in [5.74, 6) is 1.26. The zero-order valence-electron chi connectivity index (χ0n) is 17.0. The molecule has 0 radical (unpaired) electrons. The molecule has 1 aliphatic carbocycles. The molecule has 7 nitrogen and oxygen atoms in total. The molecule has 1 aromatic heterocycles. The molecule has 2 amide bonds. The summed E-state index contributed by atoms with van der Waals surface area (Å²) in [5, 5.41) is 7.54. The molecule has 29 heavy (non-hydrogen) atoms. The first-order valence-corrected chi connectivity index (χ1v) is 10.4. The zero-order valence-corrected chi connectivity index (χ0v) is 17.0. The van der Waals surface area contributed by atoms with Gasteiger partial charge >= 0.3 is 6.03 Å². The number of carbonyl (C=O) groups is 1. The largest absolute Gasteiger partial charge is 0.483 e. The summed E-state index contributed by atoms with van der Waals surface area (Å²) >= 11 is 0. The van der Waals surface area contributed by atoms with Crippen molar-refractivity contribution in [1.29, 1.82) is 0 Å². The minimum absolute atomic E-state index is 0.0234. The summed E-state index contributed by atoms with van der Waals surface area (Å²) < 4.78 is 14.0. The van der Waals surface area contributed by atoms with E-state index in [4.69, 9.17) is 9.47 Å². The lowest BCUT2D eigenvalue weighted by Gasteiger charge is -2.45. The van der Waals surface area contributed by atoms with Gasteiger partial charge in [-0.05, 0) is 12.0 Å². The van der Waals surface area contributed by atoms with Crippen LogP contribution in [0.3, 0.4) is 0 Å². The fourth-order valence-electron chi connectivity index (χ4n) is 4.87. The van der Waals surface area contributed by atoms with Gasteiger partial charge in [-0.3, -0.25) is 4.68 Å². The Labute approximate surface area is 171 Å². The van der Waals surface area contributed by atoms with Crippen LogP contribution in [0.5, 0.6) is 5.75 Å². The maximum absolute atomic E-state index is 12.8. The van der Waals surface area contributed by atoms with Crippen LogP contribution in [0.2, 0.25) is 0 Å². The summed E-state index contributed by atoms with van der Waals surface area (Å²) in [7, 11) is 3.65. The number of hydrogen-bond acceptors (Lipinski definition) is 4. The minimum Gasteiger partial charge on any atom is -0.483 e. The molecule has 1 N–H and O–H groups in total. The molecule has 154 valence electrons. The van der Waals surface area contributed by atoms with Crippen molar-refractivity contribution in [3.63, 3.8) is 0 Å². The second-order valence-corrected chi connectivity index (χ2v) is 8.53. The lowest BCUT2D eigenvalue weighted by Crippen LogP contribution is -2.54. The van der Waals surface area contributed by atoms with E-state index in [-0.39, 0.29) is 23.8 Å². The smallest absolute Gasteiger partial charge is 0.317 e. The van der Waals surface area contributed by atoms with Crippen molar-refractivity contribution in [3.05, 3.63) is 47.8 Å². The highest BCUT2D eigenvalue weighted by Crippen LogP contribution is 2.45. The van der Waals surface area contributed by atoms with Crippen molar-refractivity contribution in [2.75, 3.05) is 20.2 Å². The average Bonchev–Trinajstić information content (AvgIpc) is 3.42. The fourth-order valence-corrected chi connectivity index (χ4v) is 4.87. The monoisotopic (exact) mass is 396 g/mol. The van der Waals surface area contributed by atoms with Crippen LogP contribution in [0, 0.1) is 0 Å². The number of nitrogens with zero attached hydrogens (tertiary/aromatic N) is 3. The van der Waals surface area contributed by atoms with Crippen LogP contribution in [-0.2, 0) is 11.8 Å². The molecule has 3 atom stereocenters. The van der Waals surface area contributed by atoms with E-state index in [0.29, 0.717) is 19.0 Å². The van der Waals surface area contributed by atoms with E-state index < -0.39 is 0 Å². The summed E-state index contributed by atoms with van der Waals surface area (Å²) in [4.78, 5) is 14.7. The summed E-state index contributed by atoms with van der Waals surface area (Å²) in [6, 6.07) is 10.7. The molecule has 2 aliphatic heterocycles. The number of aryl methyl sites for hydroxylation is 1. The zero-order chi connectivity index (χ0) is 20.0. The molecule has 7 heteroatoms. The lowest BCUT2D eigenvalue weighted by molar-refractivity contribution is -0.0619. The Kier molecular flexibility index (Phi) is 4.50. The van der Waals surface area contributed by atoms with Crippen molar-refractivity contribution in [2.45, 2.75) is 49.3 Å². The van der Waals surface area contributed by atoms with Gasteiger partial charge in [-0.2, -0.15) is 5.10 Å². The molecule has 0 bridgehead atoms. The highest BCUT2D eigenvalue weighted by atomic mass is 16.5. The molecule has 3 heterocycles. The van der Waals surface area contributed by atoms with E-state index in [0.717, 1.165) is 37.1 Å². The van der Waals surface area contributed by atoms with Crippen molar-refractivity contribution in [1.82, 2.24) is 20.0 Å². The maximum Gasteiger partial charge on any atom is 0.317 e. The third kappa shape index (κ3) is 3.37. The van der Waals surface area contributed by atoms with Crippen LogP contribution in [0.25, 0.3) is 0 Å². The highest BCUT2D eigenvalue weighted by molar-refractivity contribution is 5.75. The summed E-state index contributed by atoms with van der Waals surface area (Å²) in [6.45, 7) is 1.39. The number of carbonyl (C=O) groups excluding carboxylic acids is 1. The molecule has 0 unspecified atom stereocenters. The predicted octanol–water partition coefficient (Wildman–Crippen LogP) is 2.99. The molecule has 1 saturated heterocycles. The van der Waals surface area contributed by atoms with Gasteiger partial charge in [0.15, 0.2) is 5.75 Å². The Bertz CT molecular complexity index is 889. The van der Waals surface area contributed by atoms with Crippen LogP contribution in [0.4, 0.5) is 4.79 Å². The summed E-state index contributed by atoms with van der Waals surface area (Å²) in [5.41, 5.74) is 2.03. The second kappa shape index (κ2) is 7.06. The van der Waals surface area contributed by atoms with E-state index in [2.05, 4.69) is 34.7 Å². The molecular weight excluding hydrogens is 368 g/mol. The number of benzene rings is 1. The van der Waals surface area contributed by atoms with E-state index in [1.54, 1.807) is 13.3 Å². The van der Waals surface area contributed by atoms with Crippen LogP contribution < -0.4 is 10.1 Å². The van der Waals surface area contributed by atoms with E-state index in [1.165, 1.54) is 5.56 Å². The first-order valence-electron chi connectivity index (χ1n) is 10.4. The quantitative estimate of drug-likeness (QED) is 0.866. The van der Waals surface area contributed by atoms with E-state index >= 15 is 0 Å². The summed E-state index contributed by atoms with van der Waals surface area (Å²) in [6.07, 6.45) is 5.19. The number of likely N-dealkylation sites (tertiary alicyclic amines) is 1. The molecule has 5 rings (SSSR count). The topological polar surface area (TPSA) is 68.6 Å². The van der Waals surface area contributed by atoms with Crippen LogP contribution in [0.15, 0.2) is 36.5 Å². The van der Waals surface area contributed by atoms with E-state index in [1.807, 2.05) is 22.7 Å². The number of piperidine rings is 1. The standard InChI is InChI=1S/C22H28N4O3/c1-25-20-18(28-2)13-22(29-19(20)14-23-25)8-10-26(11-9-22)21(27)24-17-12-16(17)15-6-4-3-5-7-15/h3-7,14,16-18H,8-13H2,1-2H3,(H,24,27)/t16-,17+,18+/m0/s1. The number of aromatic nitrogens is 2. The molecule has 1 saturated carbocycles. The van der Waals surface area contributed by atoms with Gasteiger partial charge in [0, 0.05) is 58.5 Å². The van der Waals surface area contributed by atoms with Gasteiger partial charge < -0.3 is 19.7 Å². The molecule has 1 spiro atoms. The van der Waals surface area contributed by atoms with Crippen LogP contribution in [-0.4, -0.2) is 52.6 Å². The number of fused-ring (bicyclic) bond motifs is 1. The molecule has 2 fully saturated rings. The number of methoxy groups -OCH3 is 1. The van der Waals surface area contributed by atoms with Crippen molar-refractivity contribution in [2.24, 2.45) is 7.05 Å². The first-order chi connectivity index (χ1) is 14.1. The number of amides is 2. The molecule has 2 aromatic rings. The molecular formula is C22H28N4O3. The van der Waals surface area contributed by atoms with Gasteiger partial charge in [0.05, 0.1) is 6.20 Å². The van der Waals surface area contributed by atoms with Crippen LogP contribution in [0.1, 0.15) is 49.0 Å². The van der Waals surface area contributed by atoms with Gasteiger partial charge in [-0.1, -0.05) is 30.3 Å². The van der Waals surface area contributed by atoms with Gasteiger partial charge in [0.1, 0.15) is 17.4 Å². The molecule has 1 aromatic carbocycles. The average molecular weight is 396 g/mol. The number of nitrogens with one attached hydrogen (secondary N) is 1. The van der Waals surface area contributed by atoms with Gasteiger partial charge in [0.2, 0.25) is 0 Å². The predicted molar refractivity (Wildman–Crippen MR) is 108 cm³/mol. The maximum atomic E-state index is 12.8. The highest BCUT2D eigenvalue weighted by Gasteiger charge is 2.46. The third-order valence-corrected chi connectivity index (χ3v) is 6.71. The van der Waals surface area contributed by atoms with Crippen molar-refractivity contribution >= 4 is 6.03 Å².